The van der Waals surface area contributed by atoms with Crippen LogP contribution in [-0.4, -0.2) is 36.2 Å². The number of furan rings is 1. The van der Waals surface area contributed by atoms with E-state index < -0.39 is 4.92 Å². The van der Waals surface area contributed by atoms with Gasteiger partial charge in [-0.25, -0.2) is 0 Å². The number of benzene rings is 2. The molecule has 170 valence electrons. The molecular formula is C24H23N3O6. The highest BCUT2D eigenvalue weighted by Gasteiger charge is 2.18. The number of ether oxygens (including phenoxy) is 2. The number of nitrogens with one attached hydrogen (secondary N) is 1. The van der Waals surface area contributed by atoms with Crippen LogP contribution in [0.3, 0.4) is 0 Å². The Morgan fingerprint density at radius 2 is 1.88 bits per heavy atom. The molecular weight excluding hydrogens is 426 g/mol. The number of rotatable bonds is 9. The molecule has 0 fully saturated rings. The fourth-order valence-corrected chi connectivity index (χ4v) is 3.73. The summed E-state index contributed by atoms with van der Waals surface area (Å²) in [6.45, 7) is 0.709. The molecule has 0 aliphatic carbocycles. The molecule has 1 N–H and O–H groups in total. The second-order valence-electron chi connectivity index (χ2n) is 7.41. The maximum Gasteiger partial charge on any atom is 0.269 e. The van der Waals surface area contributed by atoms with Gasteiger partial charge >= 0.3 is 0 Å². The third kappa shape index (κ3) is 4.67. The summed E-state index contributed by atoms with van der Waals surface area (Å²) in [7, 11) is 3.16. The third-order valence-corrected chi connectivity index (χ3v) is 5.36. The van der Waals surface area contributed by atoms with Crippen molar-refractivity contribution in [1.29, 1.82) is 0 Å². The highest BCUT2D eigenvalue weighted by atomic mass is 16.6. The first kappa shape index (κ1) is 21.9. The van der Waals surface area contributed by atoms with Gasteiger partial charge in [0.15, 0.2) is 17.1 Å². The minimum atomic E-state index is -0.436. The Bertz CT molecular complexity index is 1310. The Morgan fingerprint density at radius 3 is 2.64 bits per heavy atom. The molecule has 33 heavy (non-hydrogen) atoms. The zero-order valence-electron chi connectivity index (χ0n) is 18.2. The maximum absolute atomic E-state index is 13.0. The van der Waals surface area contributed by atoms with E-state index in [0.717, 1.165) is 11.1 Å². The van der Waals surface area contributed by atoms with E-state index in [1.165, 1.54) is 12.1 Å². The van der Waals surface area contributed by atoms with Crippen molar-refractivity contribution < 1.29 is 23.6 Å². The molecule has 9 heteroatoms. The van der Waals surface area contributed by atoms with E-state index in [4.69, 9.17) is 13.9 Å². The van der Waals surface area contributed by atoms with Crippen molar-refractivity contribution in [2.75, 3.05) is 20.8 Å². The molecule has 0 atom stereocenters. The molecule has 0 saturated carbocycles. The van der Waals surface area contributed by atoms with E-state index in [0.29, 0.717) is 47.8 Å². The second kappa shape index (κ2) is 9.47. The van der Waals surface area contributed by atoms with E-state index in [1.807, 2.05) is 18.2 Å². The number of hydrogen-bond donors (Lipinski definition) is 1. The van der Waals surface area contributed by atoms with E-state index in [-0.39, 0.29) is 11.6 Å². The van der Waals surface area contributed by atoms with Crippen molar-refractivity contribution in [3.05, 3.63) is 87.8 Å². The number of nitro benzene ring substituents is 1. The summed E-state index contributed by atoms with van der Waals surface area (Å²) in [6.07, 6.45) is 2.15. The van der Waals surface area contributed by atoms with Gasteiger partial charge in [-0.1, -0.05) is 18.2 Å². The number of nitro groups is 1. The van der Waals surface area contributed by atoms with E-state index in [9.17, 15) is 14.9 Å². The molecule has 0 bridgehead atoms. The predicted molar refractivity (Wildman–Crippen MR) is 122 cm³/mol. The SMILES string of the molecule is COc1ccc(CCNC(=O)c2cc3occc3n2Cc2cccc([N+](=O)[O-])c2)cc1OC. The number of nitrogens with zero attached hydrogens (tertiary/aromatic N) is 2. The molecule has 2 aromatic heterocycles. The van der Waals surface area contributed by atoms with Gasteiger partial charge in [0.2, 0.25) is 0 Å². The molecule has 0 aliphatic heterocycles. The van der Waals surface area contributed by atoms with Crippen LogP contribution in [0.2, 0.25) is 0 Å². The van der Waals surface area contributed by atoms with Crippen LogP contribution in [0, 0.1) is 10.1 Å². The monoisotopic (exact) mass is 449 g/mol. The Morgan fingerprint density at radius 1 is 1.06 bits per heavy atom. The normalized spacial score (nSPS) is 10.8. The first-order valence-electron chi connectivity index (χ1n) is 10.3. The van der Waals surface area contributed by atoms with Gasteiger partial charge in [-0.15, -0.1) is 0 Å². The lowest BCUT2D eigenvalue weighted by Crippen LogP contribution is -2.28. The van der Waals surface area contributed by atoms with Gasteiger partial charge in [0.05, 0.1) is 30.9 Å². The first-order chi connectivity index (χ1) is 16.0. The van der Waals surface area contributed by atoms with E-state index in [1.54, 1.807) is 49.3 Å². The molecule has 9 nitrogen and oxygen atoms in total. The number of fused-ring (bicyclic) bond motifs is 1. The molecule has 4 rings (SSSR count). The number of carbonyl (C=O) groups is 1. The van der Waals surface area contributed by atoms with E-state index >= 15 is 0 Å². The van der Waals surface area contributed by atoms with Crippen molar-refractivity contribution in [3.8, 4) is 11.5 Å². The Labute approximate surface area is 189 Å². The number of hydrogen-bond acceptors (Lipinski definition) is 6. The number of methoxy groups -OCH3 is 2. The minimum absolute atomic E-state index is 0.00372. The lowest BCUT2D eigenvalue weighted by molar-refractivity contribution is -0.384. The van der Waals surface area contributed by atoms with Crippen molar-refractivity contribution >= 4 is 22.7 Å². The molecule has 0 saturated heterocycles. The summed E-state index contributed by atoms with van der Waals surface area (Å²) in [5, 5.41) is 14.1. The topological polar surface area (TPSA) is 109 Å². The fourth-order valence-electron chi connectivity index (χ4n) is 3.73. The van der Waals surface area contributed by atoms with Crippen LogP contribution >= 0.6 is 0 Å². The summed E-state index contributed by atoms with van der Waals surface area (Å²) < 4.78 is 17.8. The lowest BCUT2D eigenvalue weighted by atomic mass is 10.1. The van der Waals surface area contributed by atoms with Gasteiger partial charge in [0.25, 0.3) is 11.6 Å². The molecule has 0 radical (unpaired) electrons. The zero-order chi connectivity index (χ0) is 23.4. The molecule has 2 heterocycles. The van der Waals surface area contributed by atoms with E-state index in [2.05, 4.69) is 5.32 Å². The van der Waals surface area contributed by atoms with Gasteiger partial charge in [0, 0.05) is 37.4 Å². The van der Waals surface area contributed by atoms with Crippen molar-refractivity contribution in [2.24, 2.45) is 0 Å². The van der Waals surface area contributed by atoms with Crippen molar-refractivity contribution in [1.82, 2.24) is 9.88 Å². The lowest BCUT2D eigenvalue weighted by Gasteiger charge is -2.12. The number of non-ortho nitro benzene ring substituents is 1. The summed E-state index contributed by atoms with van der Waals surface area (Å²) in [5.41, 5.74) is 3.44. The summed E-state index contributed by atoms with van der Waals surface area (Å²) in [6, 6.07) is 15.4. The zero-order valence-corrected chi connectivity index (χ0v) is 18.2. The predicted octanol–water partition coefficient (Wildman–Crippen LogP) is 4.18. The van der Waals surface area contributed by atoms with Gasteiger partial charge in [-0.3, -0.25) is 14.9 Å². The Kier molecular flexibility index (Phi) is 6.30. The van der Waals surface area contributed by atoms with Crippen LogP contribution in [0.5, 0.6) is 11.5 Å². The number of aromatic nitrogens is 1. The largest absolute Gasteiger partial charge is 0.493 e. The van der Waals surface area contributed by atoms with Crippen molar-refractivity contribution in [3.63, 3.8) is 0 Å². The standard InChI is InChI=1S/C24H23N3O6/c1-31-21-7-6-16(13-23(21)32-2)8-10-25-24(28)20-14-22-19(9-11-33-22)26(20)15-17-4-3-5-18(12-17)27(29)30/h3-7,9,11-14H,8,10,15H2,1-2H3,(H,25,28). The number of carbonyl (C=O) groups excluding carboxylic acids is 1. The second-order valence-corrected chi connectivity index (χ2v) is 7.41. The number of amides is 1. The Hall–Kier alpha value is -4.27. The molecule has 4 aromatic rings. The van der Waals surface area contributed by atoms with Crippen molar-refractivity contribution in [2.45, 2.75) is 13.0 Å². The molecule has 1 amide bonds. The van der Waals surface area contributed by atoms with Crippen LogP contribution < -0.4 is 14.8 Å². The smallest absolute Gasteiger partial charge is 0.269 e. The first-order valence-corrected chi connectivity index (χ1v) is 10.3. The summed E-state index contributed by atoms with van der Waals surface area (Å²) in [4.78, 5) is 23.7. The Balaban J connectivity index is 1.50. The molecule has 0 unspecified atom stereocenters. The van der Waals surface area contributed by atoms with Gasteiger partial charge in [-0.2, -0.15) is 0 Å². The van der Waals surface area contributed by atoms with Crippen LogP contribution in [0.4, 0.5) is 5.69 Å². The van der Waals surface area contributed by atoms with Gasteiger partial charge in [0.1, 0.15) is 5.69 Å². The minimum Gasteiger partial charge on any atom is -0.493 e. The van der Waals surface area contributed by atoms with Gasteiger partial charge < -0.3 is 23.8 Å². The van der Waals surface area contributed by atoms with Crippen LogP contribution in [-0.2, 0) is 13.0 Å². The summed E-state index contributed by atoms with van der Waals surface area (Å²) >= 11 is 0. The highest BCUT2D eigenvalue weighted by Crippen LogP contribution is 2.28. The van der Waals surface area contributed by atoms with Crippen LogP contribution in [0.25, 0.3) is 11.1 Å². The highest BCUT2D eigenvalue weighted by molar-refractivity contribution is 5.97. The summed E-state index contributed by atoms with van der Waals surface area (Å²) in [5.74, 6) is 1.02. The van der Waals surface area contributed by atoms with Crippen LogP contribution in [0.15, 0.2) is 65.3 Å². The molecule has 0 aliphatic rings. The van der Waals surface area contributed by atoms with Gasteiger partial charge in [-0.05, 0) is 29.7 Å². The third-order valence-electron chi connectivity index (χ3n) is 5.36. The van der Waals surface area contributed by atoms with Crippen LogP contribution in [0.1, 0.15) is 21.6 Å². The fraction of sp³-hybridized carbons (Fsp3) is 0.208. The quantitative estimate of drug-likeness (QED) is 0.303. The average molecular weight is 449 g/mol. The maximum atomic E-state index is 13.0. The molecule has 2 aromatic carbocycles. The average Bonchev–Trinajstić information content (AvgIpc) is 3.41. The molecule has 0 spiro atoms.